The van der Waals surface area contributed by atoms with Crippen molar-refractivity contribution in [1.82, 2.24) is 14.9 Å². The number of hydrogen-bond donors (Lipinski definition) is 1. The number of rotatable bonds is 2. The summed E-state index contributed by atoms with van der Waals surface area (Å²) in [7, 11) is 0. The zero-order valence-electron chi connectivity index (χ0n) is 14.0. The molecule has 0 amide bonds. The molecule has 2 unspecified atom stereocenters. The van der Waals surface area contributed by atoms with E-state index in [-0.39, 0.29) is 5.41 Å². The molecule has 7 rings (SSSR count). The van der Waals surface area contributed by atoms with E-state index in [0.29, 0.717) is 5.54 Å². The van der Waals surface area contributed by atoms with E-state index in [1.807, 2.05) is 0 Å². The molecule has 124 valence electrons. The van der Waals surface area contributed by atoms with Crippen molar-refractivity contribution < 1.29 is 0 Å². The Hall–Kier alpha value is -1.84. The van der Waals surface area contributed by atoms with Crippen LogP contribution in [-0.4, -0.2) is 39.8 Å². The summed E-state index contributed by atoms with van der Waals surface area (Å²) in [6.07, 6.45) is 10.3. The fourth-order valence-corrected chi connectivity index (χ4v) is 6.77. The Bertz CT molecular complexity index is 788. The number of nitrogens with zero attached hydrogens (tertiary/aromatic N) is 3. The Labute approximate surface area is 142 Å². The van der Waals surface area contributed by atoms with Gasteiger partial charge in [0.2, 0.25) is 0 Å². The Balaban J connectivity index is 1.47. The molecule has 2 atom stereocenters. The summed E-state index contributed by atoms with van der Waals surface area (Å²) < 4.78 is 0. The highest BCUT2D eigenvalue weighted by molar-refractivity contribution is 5.75. The fraction of sp³-hybridized carbons (Fsp3) is 0.600. The quantitative estimate of drug-likeness (QED) is 0.920. The molecule has 4 fully saturated rings. The molecule has 4 aliphatic carbocycles. The average Bonchev–Trinajstić information content (AvgIpc) is 3.24. The number of fused-ring (bicyclic) bond motifs is 1. The van der Waals surface area contributed by atoms with Gasteiger partial charge in [-0.25, -0.2) is 4.98 Å². The summed E-state index contributed by atoms with van der Waals surface area (Å²) >= 11 is 0. The zero-order valence-corrected chi connectivity index (χ0v) is 14.0. The second-order valence-electron chi connectivity index (χ2n) is 8.78. The van der Waals surface area contributed by atoms with Crippen molar-refractivity contribution in [1.29, 1.82) is 0 Å². The van der Waals surface area contributed by atoms with Crippen LogP contribution in [0, 0.1) is 11.8 Å². The molecule has 0 radical (unpaired) electrons. The third kappa shape index (κ3) is 1.69. The van der Waals surface area contributed by atoms with Crippen molar-refractivity contribution in [3.63, 3.8) is 0 Å². The van der Waals surface area contributed by atoms with Gasteiger partial charge in [0.15, 0.2) is 0 Å². The molecule has 4 heteroatoms. The minimum atomic E-state index is 0.263. The van der Waals surface area contributed by atoms with Crippen LogP contribution in [0.1, 0.15) is 44.3 Å². The second kappa shape index (κ2) is 4.41. The molecule has 1 aromatic heterocycles. The van der Waals surface area contributed by atoms with Crippen molar-refractivity contribution in [3.05, 3.63) is 30.1 Å². The fourth-order valence-electron chi connectivity index (χ4n) is 6.77. The lowest BCUT2D eigenvalue weighted by Gasteiger charge is -2.63. The Morgan fingerprint density at radius 3 is 2.67 bits per heavy atom. The van der Waals surface area contributed by atoms with Crippen LogP contribution >= 0.6 is 0 Å². The van der Waals surface area contributed by atoms with Gasteiger partial charge in [-0.05, 0) is 62.5 Å². The van der Waals surface area contributed by atoms with E-state index in [4.69, 9.17) is 4.98 Å². The average molecular weight is 320 g/mol. The molecule has 1 N–H and O–H groups in total. The molecule has 2 heterocycles. The molecule has 0 saturated heterocycles. The van der Waals surface area contributed by atoms with E-state index in [9.17, 15) is 0 Å². The van der Waals surface area contributed by atoms with Gasteiger partial charge in [0.1, 0.15) is 5.82 Å². The highest BCUT2D eigenvalue weighted by atomic mass is 15.3. The lowest BCUT2D eigenvalue weighted by atomic mass is 9.46. The first-order valence-corrected chi connectivity index (χ1v) is 9.47. The molecule has 24 heavy (non-hydrogen) atoms. The van der Waals surface area contributed by atoms with E-state index in [0.717, 1.165) is 30.4 Å². The van der Waals surface area contributed by atoms with E-state index < -0.39 is 0 Å². The minimum absolute atomic E-state index is 0.263. The summed E-state index contributed by atoms with van der Waals surface area (Å²) in [5.74, 6) is 3.00. The Kier molecular flexibility index (Phi) is 2.47. The van der Waals surface area contributed by atoms with E-state index >= 15 is 0 Å². The minimum Gasteiger partial charge on any atom is -0.355 e. The summed E-state index contributed by atoms with van der Waals surface area (Å²) in [5, 5.41) is 0. The topological polar surface area (TPSA) is 44.3 Å². The summed E-state index contributed by atoms with van der Waals surface area (Å²) in [6.45, 7) is 2.10. The first-order chi connectivity index (χ1) is 11.7. The number of H-pyrrole nitrogens is 1. The van der Waals surface area contributed by atoms with Crippen LogP contribution in [0.2, 0.25) is 0 Å². The van der Waals surface area contributed by atoms with E-state index in [1.54, 1.807) is 0 Å². The molecule has 4 nitrogen and oxygen atoms in total. The van der Waals surface area contributed by atoms with Gasteiger partial charge in [-0.3, -0.25) is 4.99 Å². The van der Waals surface area contributed by atoms with Crippen molar-refractivity contribution >= 4 is 17.4 Å². The van der Waals surface area contributed by atoms with Crippen LogP contribution in [0.5, 0.6) is 0 Å². The number of para-hydroxylation sites is 2. The number of benzene rings is 1. The van der Waals surface area contributed by atoms with Crippen LogP contribution in [0.3, 0.4) is 0 Å². The maximum atomic E-state index is 5.05. The number of aromatic nitrogens is 2. The smallest absolute Gasteiger partial charge is 0.113 e. The highest BCUT2D eigenvalue weighted by Gasteiger charge is 2.61. The van der Waals surface area contributed by atoms with Gasteiger partial charge < -0.3 is 9.88 Å². The molecular weight excluding hydrogens is 296 g/mol. The lowest BCUT2D eigenvalue weighted by Crippen LogP contribution is -2.64. The van der Waals surface area contributed by atoms with Crippen LogP contribution < -0.4 is 0 Å². The highest BCUT2D eigenvalue weighted by Crippen LogP contribution is 2.63. The number of hydrogen-bond acceptors (Lipinski definition) is 3. The van der Waals surface area contributed by atoms with E-state index in [2.05, 4.69) is 45.5 Å². The van der Waals surface area contributed by atoms with Crippen molar-refractivity contribution in [2.45, 2.75) is 49.5 Å². The summed E-state index contributed by atoms with van der Waals surface area (Å²) in [6, 6.07) is 8.50. The molecule has 2 aromatic rings. The van der Waals surface area contributed by atoms with E-state index in [1.165, 1.54) is 49.9 Å². The van der Waals surface area contributed by atoms with Gasteiger partial charge in [0.25, 0.3) is 0 Å². The molecule has 1 aliphatic heterocycles. The van der Waals surface area contributed by atoms with Crippen LogP contribution in [0.25, 0.3) is 11.0 Å². The standard InChI is InChI=1S/C20H24N4/c1-2-4-17-16(3-1)22-18(23-17)19-8-14-7-15(9-19)11-20(10-14,12-19)24-6-5-21-13-24/h1-4,13-15H,5-12H2,(H,22,23). The van der Waals surface area contributed by atoms with Gasteiger partial charge in [-0.1, -0.05) is 12.1 Å². The molecule has 1 aromatic carbocycles. The molecule has 0 spiro atoms. The van der Waals surface area contributed by atoms with Crippen LogP contribution in [0.15, 0.2) is 29.3 Å². The Morgan fingerprint density at radius 1 is 1.08 bits per heavy atom. The van der Waals surface area contributed by atoms with Gasteiger partial charge in [0.05, 0.1) is 23.9 Å². The van der Waals surface area contributed by atoms with Crippen molar-refractivity contribution in [2.75, 3.05) is 13.1 Å². The number of aromatic amines is 1. The van der Waals surface area contributed by atoms with Crippen LogP contribution in [-0.2, 0) is 5.41 Å². The first-order valence-electron chi connectivity index (χ1n) is 9.47. The Morgan fingerprint density at radius 2 is 1.92 bits per heavy atom. The summed E-state index contributed by atoms with van der Waals surface area (Å²) in [4.78, 5) is 15.9. The molecule has 4 bridgehead atoms. The third-order valence-electron chi connectivity index (χ3n) is 7.22. The van der Waals surface area contributed by atoms with Crippen molar-refractivity contribution in [3.8, 4) is 0 Å². The molecule has 5 aliphatic rings. The van der Waals surface area contributed by atoms with Crippen LogP contribution in [0.4, 0.5) is 0 Å². The first kappa shape index (κ1) is 13.5. The third-order valence-corrected chi connectivity index (χ3v) is 7.22. The maximum absolute atomic E-state index is 5.05. The maximum Gasteiger partial charge on any atom is 0.113 e. The second-order valence-corrected chi connectivity index (χ2v) is 8.78. The van der Waals surface area contributed by atoms with Crippen molar-refractivity contribution in [2.24, 2.45) is 16.8 Å². The lowest BCUT2D eigenvalue weighted by molar-refractivity contribution is -0.0773. The number of aliphatic imine (C=N–C) groups is 1. The summed E-state index contributed by atoms with van der Waals surface area (Å²) in [5.41, 5.74) is 2.93. The molecular formula is C20H24N4. The monoisotopic (exact) mass is 320 g/mol. The predicted octanol–water partition coefficient (Wildman–Crippen LogP) is 3.50. The SMILES string of the molecule is C1=NCCN1C12CC3CC(CC(c4nc5ccccc5[nH]4)(C3)C1)C2. The number of imidazole rings is 1. The van der Waals surface area contributed by atoms with Gasteiger partial charge >= 0.3 is 0 Å². The predicted molar refractivity (Wildman–Crippen MR) is 95.2 cm³/mol. The number of nitrogens with one attached hydrogen (secondary N) is 1. The molecule has 4 saturated carbocycles. The van der Waals surface area contributed by atoms with Gasteiger partial charge in [0, 0.05) is 17.5 Å². The zero-order chi connectivity index (χ0) is 15.8. The van der Waals surface area contributed by atoms with Gasteiger partial charge in [-0.15, -0.1) is 0 Å². The normalized spacial score (nSPS) is 40.1. The van der Waals surface area contributed by atoms with Gasteiger partial charge in [-0.2, -0.15) is 0 Å². The largest absolute Gasteiger partial charge is 0.355 e.